The van der Waals surface area contributed by atoms with Gasteiger partial charge in [0.25, 0.3) is 0 Å². The van der Waals surface area contributed by atoms with Gasteiger partial charge in [-0.05, 0) is 31.0 Å². The summed E-state index contributed by atoms with van der Waals surface area (Å²) >= 11 is 0. The highest BCUT2D eigenvalue weighted by Gasteiger charge is 2.08. The maximum absolute atomic E-state index is 10.7. The number of aldehydes is 1. The Kier molecular flexibility index (Phi) is 3.65. The molecule has 1 aromatic rings. The van der Waals surface area contributed by atoms with Gasteiger partial charge in [-0.1, -0.05) is 6.07 Å². The molecule has 76 valence electrons. The van der Waals surface area contributed by atoms with Crippen LogP contribution in [0.25, 0.3) is 0 Å². The lowest BCUT2D eigenvalue weighted by Crippen LogP contribution is -2.04. The van der Waals surface area contributed by atoms with Crippen molar-refractivity contribution in [3.63, 3.8) is 0 Å². The predicted octanol–water partition coefficient (Wildman–Crippen LogP) is 2.10. The Morgan fingerprint density at radius 1 is 1.36 bits per heavy atom. The molecule has 0 saturated carbocycles. The Bertz CT molecular complexity index is 332. The zero-order chi connectivity index (χ0) is 10.6. The Morgan fingerprint density at radius 2 is 2.07 bits per heavy atom. The van der Waals surface area contributed by atoms with E-state index in [1.807, 2.05) is 19.9 Å². The molecule has 0 aliphatic carbocycles. The van der Waals surface area contributed by atoms with Crippen LogP contribution in [0, 0.1) is 13.8 Å². The summed E-state index contributed by atoms with van der Waals surface area (Å²) in [5.74, 6) is 0.613. The number of aryl methyl sites for hydroxylation is 1. The maximum Gasteiger partial charge on any atom is 0.188 e. The number of rotatable bonds is 4. The second-order valence-corrected chi connectivity index (χ2v) is 3.09. The quantitative estimate of drug-likeness (QED) is 0.544. The molecule has 0 N–H and O–H groups in total. The van der Waals surface area contributed by atoms with E-state index in [2.05, 4.69) is 0 Å². The van der Waals surface area contributed by atoms with Crippen LogP contribution in [0.15, 0.2) is 12.1 Å². The molecule has 3 nitrogen and oxygen atoms in total. The average molecular weight is 194 g/mol. The monoisotopic (exact) mass is 194 g/mol. The van der Waals surface area contributed by atoms with Gasteiger partial charge in [0.1, 0.15) is 5.75 Å². The molecule has 0 atom stereocenters. The minimum absolute atomic E-state index is 0.158. The summed E-state index contributed by atoms with van der Waals surface area (Å²) in [6, 6.07) is 3.65. The van der Waals surface area contributed by atoms with Crippen molar-refractivity contribution in [2.45, 2.75) is 13.8 Å². The smallest absolute Gasteiger partial charge is 0.188 e. The summed E-state index contributed by atoms with van der Waals surface area (Å²) in [6.07, 6.45) is 0.789. The molecule has 0 saturated heterocycles. The highest BCUT2D eigenvalue weighted by atomic mass is 16.7. The fourth-order valence-corrected chi connectivity index (χ4v) is 1.21. The van der Waals surface area contributed by atoms with Gasteiger partial charge in [-0.3, -0.25) is 4.79 Å². The molecule has 0 aliphatic heterocycles. The van der Waals surface area contributed by atoms with Crippen LogP contribution in [-0.4, -0.2) is 20.2 Å². The number of hydrogen-bond acceptors (Lipinski definition) is 3. The van der Waals surface area contributed by atoms with Gasteiger partial charge in [0.05, 0.1) is 5.56 Å². The number of carbonyl (C=O) groups is 1. The number of ether oxygens (including phenoxy) is 2. The molecule has 0 amide bonds. The standard InChI is InChI=1S/C11H14O3/c1-8-4-5-10(6-12)11(9(8)2)14-7-13-3/h4-6H,7H2,1-3H3. The van der Waals surface area contributed by atoms with E-state index in [4.69, 9.17) is 9.47 Å². The zero-order valence-corrected chi connectivity index (χ0v) is 8.66. The molecule has 1 rings (SSSR count). The molecule has 0 aliphatic rings. The van der Waals surface area contributed by atoms with Crippen molar-refractivity contribution >= 4 is 6.29 Å². The first-order valence-electron chi connectivity index (χ1n) is 4.37. The van der Waals surface area contributed by atoms with Crippen LogP contribution in [0.4, 0.5) is 0 Å². The molecule has 0 unspecified atom stereocenters. The van der Waals surface area contributed by atoms with Crippen LogP contribution in [0.2, 0.25) is 0 Å². The summed E-state index contributed by atoms with van der Waals surface area (Å²) < 4.78 is 10.1. The minimum Gasteiger partial charge on any atom is -0.467 e. The van der Waals surface area contributed by atoms with E-state index in [-0.39, 0.29) is 6.79 Å². The average Bonchev–Trinajstić information content (AvgIpc) is 2.20. The molecule has 14 heavy (non-hydrogen) atoms. The van der Waals surface area contributed by atoms with E-state index in [1.165, 1.54) is 0 Å². The number of benzene rings is 1. The van der Waals surface area contributed by atoms with Crippen LogP contribution in [0.1, 0.15) is 21.5 Å². The van der Waals surface area contributed by atoms with Gasteiger partial charge in [0.2, 0.25) is 0 Å². The Balaban J connectivity index is 3.07. The second kappa shape index (κ2) is 4.77. The minimum atomic E-state index is 0.158. The molecule has 0 aromatic heterocycles. The third-order valence-corrected chi connectivity index (χ3v) is 2.16. The SMILES string of the molecule is COCOc1c(C=O)ccc(C)c1C. The molecule has 0 bridgehead atoms. The highest BCUT2D eigenvalue weighted by Crippen LogP contribution is 2.25. The van der Waals surface area contributed by atoms with Gasteiger partial charge < -0.3 is 9.47 Å². The molecule has 3 heteroatoms. The summed E-state index contributed by atoms with van der Waals surface area (Å²) in [5, 5.41) is 0. The number of hydrogen-bond donors (Lipinski definition) is 0. The lowest BCUT2D eigenvalue weighted by molar-refractivity contribution is 0.0500. The van der Waals surface area contributed by atoms with Gasteiger partial charge >= 0.3 is 0 Å². The van der Waals surface area contributed by atoms with Gasteiger partial charge in [-0.25, -0.2) is 0 Å². The molecular weight excluding hydrogens is 180 g/mol. The summed E-state index contributed by atoms with van der Waals surface area (Å²) in [6.45, 7) is 4.06. The largest absolute Gasteiger partial charge is 0.467 e. The molecule has 0 heterocycles. The number of methoxy groups -OCH3 is 1. The third-order valence-electron chi connectivity index (χ3n) is 2.16. The Labute approximate surface area is 83.6 Å². The molecule has 0 fully saturated rings. The second-order valence-electron chi connectivity index (χ2n) is 3.09. The van der Waals surface area contributed by atoms with Crippen molar-refractivity contribution in [2.75, 3.05) is 13.9 Å². The van der Waals surface area contributed by atoms with Crippen LogP contribution in [0.5, 0.6) is 5.75 Å². The van der Waals surface area contributed by atoms with Crippen LogP contribution in [0.3, 0.4) is 0 Å². The van der Waals surface area contributed by atoms with Crippen LogP contribution in [-0.2, 0) is 4.74 Å². The van der Waals surface area contributed by atoms with Crippen molar-refractivity contribution in [1.29, 1.82) is 0 Å². The predicted molar refractivity (Wildman–Crippen MR) is 53.8 cm³/mol. The Morgan fingerprint density at radius 3 is 2.64 bits per heavy atom. The van der Waals surface area contributed by atoms with E-state index in [0.29, 0.717) is 11.3 Å². The lowest BCUT2D eigenvalue weighted by atomic mass is 10.1. The molecular formula is C11H14O3. The fourth-order valence-electron chi connectivity index (χ4n) is 1.21. The molecule has 0 radical (unpaired) electrons. The van der Waals surface area contributed by atoms with Crippen molar-refractivity contribution in [3.05, 3.63) is 28.8 Å². The number of carbonyl (C=O) groups excluding carboxylic acids is 1. The van der Waals surface area contributed by atoms with E-state index in [0.717, 1.165) is 17.4 Å². The lowest BCUT2D eigenvalue weighted by Gasteiger charge is -2.12. The van der Waals surface area contributed by atoms with Crippen molar-refractivity contribution in [2.24, 2.45) is 0 Å². The highest BCUT2D eigenvalue weighted by molar-refractivity contribution is 5.80. The van der Waals surface area contributed by atoms with Crippen LogP contribution < -0.4 is 4.74 Å². The van der Waals surface area contributed by atoms with Crippen molar-refractivity contribution in [3.8, 4) is 5.75 Å². The van der Waals surface area contributed by atoms with E-state index >= 15 is 0 Å². The summed E-state index contributed by atoms with van der Waals surface area (Å²) in [4.78, 5) is 10.7. The summed E-state index contributed by atoms with van der Waals surface area (Å²) in [5.41, 5.74) is 2.64. The van der Waals surface area contributed by atoms with Crippen molar-refractivity contribution in [1.82, 2.24) is 0 Å². The van der Waals surface area contributed by atoms with Gasteiger partial charge in [0.15, 0.2) is 13.1 Å². The first kappa shape index (κ1) is 10.7. The van der Waals surface area contributed by atoms with Crippen molar-refractivity contribution < 1.29 is 14.3 Å². The fraction of sp³-hybridized carbons (Fsp3) is 0.364. The van der Waals surface area contributed by atoms with Gasteiger partial charge in [-0.15, -0.1) is 0 Å². The van der Waals surface area contributed by atoms with Gasteiger partial charge in [-0.2, -0.15) is 0 Å². The maximum atomic E-state index is 10.7. The normalized spacial score (nSPS) is 9.93. The van der Waals surface area contributed by atoms with E-state index in [1.54, 1.807) is 13.2 Å². The zero-order valence-electron chi connectivity index (χ0n) is 8.66. The summed E-state index contributed by atoms with van der Waals surface area (Å²) in [7, 11) is 1.55. The van der Waals surface area contributed by atoms with E-state index < -0.39 is 0 Å². The van der Waals surface area contributed by atoms with Gasteiger partial charge in [0, 0.05) is 7.11 Å². The van der Waals surface area contributed by atoms with E-state index in [9.17, 15) is 4.79 Å². The molecule has 0 spiro atoms. The Hall–Kier alpha value is -1.35. The molecule has 1 aromatic carbocycles. The first-order chi connectivity index (χ1) is 6.70. The first-order valence-corrected chi connectivity index (χ1v) is 4.37. The van der Waals surface area contributed by atoms with Crippen LogP contribution >= 0.6 is 0 Å². The topological polar surface area (TPSA) is 35.5 Å². The third kappa shape index (κ3) is 2.12.